The second-order valence-electron chi connectivity index (χ2n) is 5.25. The van der Waals surface area contributed by atoms with Gasteiger partial charge in [0.2, 0.25) is 0 Å². The molecule has 1 aromatic carbocycles. The molecule has 1 aliphatic rings. The van der Waals surface area contributed by atoms with Crippen LogP contribution in [0.5, 0.6) is 5.75 Å². The summed E-state index contributed by atoms with van der Waals surface area (Å²) in [6, 6.07) is 7.45. The van der Waals surface area contributed by atoms with E-state index in [9.17, 15) is 4.79 Å². The van der Waals surface area contributed by atoms with Crippen LogP contribution in [-0.4, -0.2) is 31.3 Å². The SMILES string of the molecule is CC[C@@H](C)NC(=O)c1ccc(OC[C@H]2CCCO2)cc1. The second kappa shape index (κ2) is 7.29. The second-order valence-corrected chi connectivity index (χ2v) is 5.25. The minimum absolute atomic E-state index is 0.0370. The van der Waals surface area contributed by atoms with Crippen LogP contribution < -0.4 is 10.1 Å². The normalized spacial score (nSPS) is 19.6. The first-order valence-electron chi connectivity index (χ1n) is 7.34. The first-order chi connectivity index (χ1) is 9.69. The Kier molecular flexibility index (Phi) is 5.41. The summed E-state index contributed by atoms with van der Waals surface area (Å²) < 4.78 is 11.2. The lowest BCUT2D eigenvalue weighted by Crippen LogP contribution is -2.31. The van der Waals surface area contributed by atoms with Crippen molar-refractivity contribution in [1.29, 1.82) is 0 Å². The number of carbonyl (C=O) groups excluding carboxylic acids is 1. The van der Waals surface area contributed by atoms with Gasteiger partial charge in [0.1, 0.15) is 12.4 Å². The topological polar surface area (TPSA) is 47.6 Å². The molecule has 1 heterocycles. The third-order valence-corrected chi connectivity index (χ3v) is 3.57. The average Bonchev–Trinajstić information content (AvgIpc) is 2.98. The van der Waals surface area contributed by atoms with Gasteiger partial charge in [0.15, 0.2) is 0 Å². The van der Waals surface area contributed by atoms with Crippen LogP contribution in [0.4, 0.5) is 0 Å². The van der Waals surface area contributed by atoms with Crippen molar-refractivity contribution in [2.45, 2.75) is 45.3 Å². The Morgan fingerprint density at radius 2 is 2.20 bits per heavy atom. The molecule has 1 aliphatic heterocycles. The van der Waals surface area contributed by atoms with Gasteiger partial charge >= 0.3 is 0 Å². The van der Waals surface area contributed by atoms with Crippen LogP contribution in [0.15, 0.2) is 24.3 Å². The zero-order valence-electron chi connectivity index (χ0n) is 12.2. The Morgan fingerprint density at radius 1 is 1.45 bits per heavy atom. The molecule has 4 nitrogen and oxygen atoms in total. The molecule has 0 saturated carbocycles. The van der Waals surface area contributed by atoms with Crippen molar-refractivity contribution < 1.29 is 14.3 Å². The number of hydrogen-bond acceptors (Lipinski definition) is 3. The Bertz CT molecular complexity index is 424. The van der Waals surface area contributed by atoms with Gasteiger partial charge in [-0.25, -0.2) is 0 Å². The van der Waals surface area contributed by atoms with E-state index in [-0.39, 0.29) is 18.1 Å². The Balaban J connectivity index is 1.84. The van der Waals surface area contributed by atoms with Crippen LogP contribution in [0, 0.1) is 0 Å². The number of nitrogens with one attached hydrogen (secondary N) is 1. The number of hydrogen-bond donors (Lipinski definition) is 1. The van der Waals surface area contributed by atoms with E-state index in [1.807, 2.05) is 26.0 Å². The molecule has 0 spiro atoms. The third kappa shape index (κ3) is 4.23. The lowest BCUT2D eigenvalue weighted by Gasteiger charge is -2.13. The fourth-order valence-corrected chi connectivity index (χ4v) is 2.08. The van der Waals surface area contributed by atoms with E-state index in [1.54, 1.807) is 12.1 Å². The van der Waals surface area contributed by atoms with Crippen LogP contribution in [0.2, 0.25) is 0 Å². The first kappa shape index (κ1) is 14.9. The third-order valence-electron chi connectivity index (χ3n) is 3.57. The molecule has 0 aromatic heterocycles. The highest BCUT2D eigenvalue weighted by Crippen LogP contribution is 2.16. The Morgan fingerprint density at radius 3 is 2.80 bits per heavy atom. The van der Waals surface area contributed by atoms with Crippen molar-refractivity contribution >= 4 is 5.91 Å². The lowest BCUT2D eigenvalue weighted by molar-refractivity contribution is 0.0679. The molecule has 0 unspecified atom stereocenters. The van der Waals surface area contributed by atoms with Crippen molar-refractivity contribution in [3.8, 4) is 5.75 Å². The lowest BCUT2D eigenvalue weighted by atomic mass is 10.2. The summed E-state index contributed by atoms with van der Waals surface area (Å²) in [6.07, 6.45) is 3.32. The molecule has 0 bridgehead atoms. The zero-order valence-corrected chi connectivity index (χ0v) is 12.2. The van der Waals surface area contributed by atoms with Crippen molar-refractivity contribution in [3.63, 3.8) is 0 Å². The van der Waals surface area contributed by atoms with Gasteiger partial charge in [0, 0.05) is 18.2 Å². The Labute approximate surface area is 120 Å². The summed E-state index contributed by atoms with van der Waals surface area (Å²) in [4.78, 5) is 11.9. The van der Waals surface area contributed by atoms with Crippen molar-refractivity contribution in [2.24, 2.45) is 0 Å². The molecular formula is C16H23NO3. The van der Waals surface area contributed by atoms with E-state index in [2.05, 4.69) is 5.32 Å². The highest BCUT2D eigenvalue weighted by molar-refractivity contribution is 5.94. The van der Waals surface area contributed by atoms with E-state index in [0.29, 0.717) is 12.2 Å². The van der Waals surface area contributed by atoms with Gasteiger partial charge in [0.05, 0.1) is 6.10 Å². The summed E-state index contributed by atoms with van der Waals surface area (Å²) in [6.45, 7) is 5.46. The predicted molar refractivity (Wildman–Crippen MR) is 78.1 cm³/mol. The fraction of sp³-hybridized carbons (Fsp3) is 0.562. The molecule has 20 heavy (non-hydrogen) atoms. The number of ether oxygens (including phenoxy) is 2. The fourth-order valence-electron chi connectivity index (χ4n) is 2.08. The van der Waals surface area contributed by atoms with Gasteiger partial charge in [-0.15, -0.1) is 0 Å². The summed E-state index contributed by atoms with van der Waals surface area (Å²) in [7, 11) is 0. The standard InChI is InChI=1S/C16H23NO3/c1-3-12(2)17-16(18)13-6-8-14(9-7-13)20-11-15-5-4-10-19-15/h6-9,12,15H,3-5,10-11H2,1-2H3,(H,17,18)/t12-,15-/m1/s1. The minimum atomic E-state index is -0.0370. The van der Waals surface area contributed by atoms with Crippen LogP contribution in [-0.2, 0) is 4.74 Å². The molecule has 1 fully saturated rings. The van der Waals surface area contributed by atoms with Crippen LogP contribution >= 0.6 is 0 Å². The molecule has 0 aliphatic carbocycles. The maximum atomic E-state index is 11.9. The number of amides is 1. The smallest absolute Gasteiger partial charge is 0.251 e. The molecular weight excluding hydrogens is 254 g/mol. The monoisotopic (exact) mass is 277 g/mol. The molecule has 1 saturated heterocycles. The molecule has 4 heteroatoms. The molecule has 110 valence electrons. The number of rotatable bonds is 6. The van der Waals surface area contributed by atoms with Gasteiger partial charge in [-0.3, -0.25) is 4.79 Å². The Hall–Kier alpha value is -1.55. The zero-order chi connectivity index (χ0) is 14.4. The molecule has 0 radical (unpaired) electrons. The summed E-state index contributed by atoms with van der Waals surface area (Å²) in [5.41, 5.74) is 0.662. The van der Waals surface area contributed by atoms with Gasteiger partial charge in [0.25, 0.3) is 5.91 Å². The predicted octanol–water partition coefficient (Wildman–Crippen LogP) is 2.77. The summed E-state index contributed by atoms with van der Waals surface area (Å²) in [5.74, 6) is 0.741. The van der Waals surface area contributed by atoms with Crippen LogP contribution in [0.1, 0.15) is 43.5 Å². The summed E-state index contributed by atoms with van der Waals surface area (Å²) in [5, 5.41) is 2.94. The number of benzene rings is 1. The van der Waals surface area contributed by atoms with Crippen molar-refractivity contribution in [2.75, 3.05) is 13.2 Å². The van der Waals surface area contributed by atoms with E-state index in [1.165, 1.54) is 0 Å². The largest absolute Gasteiger partial charge is 0.491 e. The van der Waals surface area contributed by atoms with E-state index in [4.69, 9.17) is 9.47 Å². The van der Waals surface area contributed by atoms with Crippen molar-refractivity contribution in [1.82, 2.24) is 5.32 Å². The molecule has 2 atom stereocenters. The van der Waals surface area contributed by atoms with E-state index >= 15 is 0 Å². The summed E-state index contributed by atoms with van der Waals surface area (Å²) >= 11 is 0. The van der Waals surface area contributed by atoms with Crippen LogP contribution in [0.3, 0.4) is 0 Å². The molecule has 1 aromatic rings. The minimum Gasteiger partial charge on any atom is -0.491 e. The van der Waals surface area contributed by atoms with Crippen molar-refractivity contribution in [3.05, 3.63) is 29.8 Å². The number of carbonyl (C=O) groups is 1. The maximum absolute atomic E-state index is 11.9. The molecule has 1 amide bonds. The van der Waals surface area contributed by atoms with Gasteiger partial charge in [-0.1, -0.05) is 6.92 Å². The first-order valence-corrected chi connectivity index (χ1v) is 7.34. The molecule has 2 rings (SSSR count). The van der Waals surface area contributed by atoms with E-state index < -0.39 is 0 Å². The average molecular weight is 277 g/mol. The maximum Gasteiger partial charge on any atom is 0.251 e. The van der Waals surface area contributed by atoms with Crippen LogP contribution in [0.25, 0.3) is 0 Å². The quantitative estimate of drug-likeness (QED) is 0.869. The van der Waals surface area contributed by atoms with Gasteiger partial charge < -0.3 is 14.8 Å². The molecule has 1 N–H and O–H groups in total. The van der Waals surface area contributed by atoms with Gasteiger partial charge in [-0.05, 0) is 50.5 Å². The van der Waals surface area contributed by atoms with Gasteiger partial charge in [-0.2, -0.15) is 0 Å². The highest BCUT2D eigenvalue weighted by Gasteiger charge is 2.16. The highest BCUT2D eigenvalue weighted by atomic mass is 16.5. The van der Waals surface area contributed by atoms with E-state index in [0.717, 1.165) is 31.6 Å².